The maximum Gasteiger partial charge on any atom is 0.187 e. The first kappa shape index (κ1) is 15.0. The third kappa shape index (κ3) is 1.86. The predicted molar refractivity (Wildman–Crippen MR) is 108 cm³/mol. The van der Waals surface area contributed by atoms with Crippen LogP contribution < -0.4 is 10.9 Å². The van der Waals surface area contributed by atoms with Gasteiger partial charge in [-0.2, -0.15) is 0 Å². The van der Waals surface area contributed by atoms with Gasteiger partial charge in [-0.15, -0.1) is 0 Å². The van der Waals surface area contributed by atoms with E-state index in [9.17, 15) is 9.59 Å². The molecule has 28 heavy (non-hydrogen) atoms. The van der Waals surface area contributed by atoms with E-state index in [1.165, 1.54) is 12.1 Å². The fourth-order valence-electron chi connectivity index (χ4n) is 4.08. The second kappa shape index (κ2) is 5.23. The SMILES string of the molecule is O=c1ccc2ccc3o[nH]cc3c2c1-c1c(=O)ccc2ccc3o[nH]cc3c12. The van der Waals surface area contributed by atoms with Crippen LogP contribution in [0.2, 0.25) is 0 Å². The summed E-state index contributed by atoms with van der Waals surface area (Å²) < 4.78 is 10.8. The molecule has 0 radical (unpaired) electrons. The van der Waals surface area contributed by atoms with E-state index in [4.69, 9.17) is 9.05 Å². The molecule has 0 saturated carbocycles. The van der Waals surface area contributed by atoms with Crippen molar-refractivity contribution in [2.75, 3.05) is 0 Å². The van der Waals surface area contributed by atoms with E-state index < -0.39 is 0 Å². The highest BCUT2D eigenvalue weighted by atomic mass is 16.5. The minimum absolute atomic E-state index is 0.213. The molecule has 0 saturated heterocycles. The Morgan fingerprint density at radius 2 is 1.00 bits per heavy atom. The van der Waals surface area contributed by atoms with Crippen LogP contribution in [-0.4, -0.2) is 10.3 Å². The van der Waals surface area contributed by atoms with Crippen LogP contribution in [0.1, 0.15) is 0 Å². The molecule has 4 aromatic carbocycles. The van der Waals surface area contributed by atoms with Crippen LogP contribution in [-0.2, 0) is 0 Å². The van der Waals surface area contributed by atoms with Crippen molar-refractivity contribution >= 4 is 43.5 Å². The maximum absolute atomic E-state index is 13.1. The summed E-state index contributed by atoms with van der Waals surface area (Å²) in [4.78, 5) is 26.1. The largest absolute Gasteiger partial charge is 0.382 e. The summed E-state index contributed by atoms with van der Waals surface area (Å²) in [6.07, 6.45) is 3.41. The van der Waals surface area contributed by atoms with Crippen LogP contribution in [0.15, 0.2) is 79.6 Å². The highest BCUT2D eigenvalue weighted by Crippen LogP contribution is 2.36. The summed E-state index contributed by atoms with van der Waals surface area (Å²) in [5.41, 5.74) is 1.57. The van der Waals surface area contributed by atoms with Gasteiger partial charge in [0.05, 0.1) is 0 Å². The summed E-state index contributed by atoms with van der Waals surface area (Å²) in [6.45, 7) is 0. The third-order valence-corrected chi connectivity index (χ3v) is 5.29. The van der Waals surface area contributed by atoms with Crippen LogP contribution in [0.25, 0.3) is 54.6 Å². The molecular formula is C22H12N2O4. The molecule has 6 rings (SSSR count). The van der Waals surface area contributed by atoms with Gasteiger partial charge < -0.3 is 9.05 Å². The highest BCUT2D eigenvalue weighted by molar-refractivity contribution is 6.19. The van der Waals surface area contributed by atoms with Gasteiger partial charge in [0, 0.05) is 45.1 Å². The van der Waals surface area contributed by atoms with E-state index in [0.717, 1.165) is 21.5 Å². The molecule has 2 N–H and O–H groups in total. The van der Waals surface area contributed by atoms with Crippen LogP contribution >= 0.6 is 0 Å². The molecule has 0 atom stereocenters. The molecule has 6 nitrogen and oxygen atoms in total. The molecule has 0 unspecified atom stereocenters. The van der Waals surface area contributed by atoms with Gasteiger partial charge in [-0.3, -0.25) is 9.59 Å². The number of nitrogens with one attached hydrogen (secondary N) is 2. The van der Waals surface area contributed by atoms with Crippen molar-refractivity contribution < 1.29 is 9.05 Å². The Bertz CT molecular complexity index is 1540. The molecule has 2 heterocycles. The van der Waals surface area contributed by atoms with Gasteiger partial charge in [0.2, 0.25) is 0 Å². The zero-order valence-electron chi connectivity index (χ0n) is 14.4. The van der Waals surface area contributed by atoms with Crippen molar-refractivity contribution in [1.82, 2.24) is 10.3 Å². The molecule has 0 aliphatic rings. The smallest absolute Gasteiger partial charge is 0.187 e. The molecule has 0 amide bonds. The van der Waals surface area contributed by atoms with Gasteiger partial charge in [-0.05, 0) is 35.0 Å². The van der Waals surface area contributed by atoms with E-state index in [1.54, 1.807) is 24.5 Å². The lowest BCUT2D eigenvalue weighted by Gasteiger charge is -2.10. The molecule has 2 aromatic heterocycles. The third-order valence-electron chi connectivity index (χ3n) is 5.29. The molecule has 0 spiro atoms. The van der Waals surface area contributed by atoms with E-state index in [0.29, 0.717) is 33.1 Å². The molecule has 0 aliphatic carbocycles. The minimum Gasteiger partial charge on any atom is -0.382 e. The van der Waals surface area contributed by atoms with Crippen molar-refractivity contribution in [3.05, 3.63) is 81.4 Å². The second-order valence-corrected chi connectivity index (χ2v) is 6.76. The molecule has 6 heteroatoms. The van der Waals surface area contributed by atoms with Gasteiger partial charge in [-0.25, -0.2) is 10.3 Å². The molecule has 0 bridgehead atoms. The predicted octanol–water partition coefficient (Wildman–Crippen LogP) is 4.53. The Labute approximate surface area is 155 Å². The molecule has 0 fully saturated rings. The summed E-state index contributed by atoms with van der Waals surface area (Å²) >= 11 is 0. The average Bonchev–Trinajstić information content (AvgIpc) is 3.37. The Morgan fingerprint density at radius 1 is 0.571 bits per heavy atom. The van der Waals surface area contributed by atoms with E-state index >= 15 is 0 Å². The highest BCUT2D eigenvalue weighted by Gasteiger charge is 2.19. The van der Waals surface area contributed by atoms with E-state index in [2.05, 4.69) is 10.3 Å². The topological polar surface area (TPSA) is 92.0 Å². The number of hydrogen-bond donors (Lipinski definition) is 2. The van der Waals surface area contributed by atoms with E-state index in [-0.39, 0.29) is 10.9 Å². The number of hydrogen-bond acceptors (Lipinski definition) is 4. The summed E-state index contributed by atoms with van der Waals surface area (Å²) in [5, 5.41) is 10.1. The minimum atomic E-state index is -0.213. The van der Waals surface area contributed by atoms with Crippen LogP contribution in [0.4, 0.5) is 0 Å². The average molecular weight is 368 g/mol. The quantitative estimate of drug-likeness (QED) is 0.446. The van der Waals surface area contributed by atoms with Crippen molar-refractivity contribution in [3.8, 4) is 11.1 Å². The van der Waals surface area contributed by atoms with Crippen molar-refractivity contribution in [2.24, 2.45) is 0 Å². The monoisotopic (exact) mass is 368 g/mol. The Hall–Kier alpha value is -4.06. The first-order valence-electron chi connectivity index (χ1n) is 8.77. The number of rotatable bonds is 1. The van der Waals surface area contributed by atoms with Crippen LogP contribution in [0, 0.1) is 0 Å². The fourth-order valence-corrected chi connectivity index (χ4v) is 4.08. The first-order chi connectivity index (χ1) is 13.7. The van der Waals surface area contributed by atoms with Gasteiger partial charge in [0.1, 0.15) is 0 Å². The van der Waals surface area contributed by atoms with Crippen LogP contribution in [0.5, 0.6) is 0 Å². The summed E-state index contributed by atoms with van der Waals surface area (Å²) in [7, 11) is 0. The number of aromatic nitrogens is 2. The summed E-state index contributed by atoms with van der Waals surface area (Å²) in [6, 6.07) is 14.0. The zero-order chi connectivity index (χ0) is 18.8. The molecule has 6 aromatic rings. The lowest BCUT2D eigenvalue weighted by molar-refractivity contribution is 0.456. The Balaban J connectivity index is 1.94. The van der Waals surface area contributed by atoms with Crippen molar-refractivity contribution in [3.63, 3.8) is 0 Å². The number of aromatic amines is 2. The second-order valence-electron chi connectivity index (χ2n) is 6.76. The zero-order valence-corrected chi connectivity index (χ0v) is 14.4. The molecule has 0 aliphatic heterocycles. The van der Waals surface area contributed by atoms with Crippen molar-refractivity contribution in [2.45, 2.75) is 0 Å². The van der Waals surface area contributed by atoms with Crippen molar-refractivity contribution in [1.29, 1.82) is 0 Å². The maximum atomic E-state index is 13.1. The number of benzene rings is 4. The lowest BCUT2D eigenvalue weighted by Crippen LogP contribution is -2.12. The molecule has 134 valence electrons. The normalized spacial score (nSPS) is 11.9. The fraction of sp³-hybridized carbons (Fsp3) is 0. The Morgan fingerprint density at radius 3 is 1.46 bits per heavy atom. The first-order valence-corrected chi connectivity index (χ1v) is 8.77. The van der Waals surface area contributed by atoms with E-state index in [1.807, 2.05) is 24.3 Å². The number of fused-ring (bicyclic) bond motifs is 6. The van der Waals surface area contributed by atoms with Gasteiger partial charge >= 0.3 is 0 Å². The van der Waals surface area contributed by atoms with Gasteiger partial charge in [0.15, 0.2) is 22.0 Å². The molecular weight excluding hydrogens is 356 g/mol. The van der Waals surface area contributed by atoms with Gasteiger partial charge in [0.25, 0.3) is 0 Å². The Kier molecular flexibility index (Phi) is 2.81. The van der Waals surface area contributed by atoms with Gasteiger partial charge in [-0.1, -0.05) is 24.3 Å². The summed E-state index contributed by atoms with van der Waals surface area (Å²) in [5.74, 6) is 0. The number of H-pyrrole nitrogens is 2. The lowest BCUT2D eigenvalue weighted by atomic mass is 9.91. The standard InChI is InChI=1S/C22H12N2O4/c25-15-5-1-11-3-7-17-13(9-23-27-17)19(11)21(15)22-16(26)6-2-12-4-8-18-14(20(12)22)10-24-28-18/h1-10,23-24H. The van der Waals surface area contributed by atoms with Crippen LogP contribution in [0.3, 0.4) is 0 Å².